The van der Waals surface area contributed by atoms with Gasteiger partial charge >= 0.3 is 0 Å². The number of aromatic nitrogens is 1. The summed E-state index contributed by atoms with van der Waals surface area (Å²) in [5.74, 6) is 0.901. The number of carbonyl (C=O) groups excluding carboxylic acids is 2. The van der Waals surface area contributed by atoms with E-state index in [-0.39, 0.29) is 24.2 Å². The lowest BCUT2D eigenvalue weighted by atomic mass is 10.1. The van der Waals surface area contributed by atoms with Crippen LogP contribution < -0.4 is 14.4 Å². The molecule has 2 amide bonds. The number of fused-ring (bicyclic) bond motifs is 1. The topological polar surface area (TPSA) is 107 Å². The number of benzene rings is 2. The quantitative estimate of drug-likeness (QED) is 0.427. The number of ether oxygens (including phenoxy) is 2. The van der Waals surface area contributed by atoms with E-state index in [9.17, 15) is 14.7 Å². The molecule has 2 N–H and O–H groups in total. The lowest BCUT2D eigenvalue weighted by molar-refractivity contribution is -0.132. The van der Waals surface area contributed by atoms with Crippen LogP contribution in [-0.2, 0) is 9.59 Å². The van der Waals surface area contributed by atoms with Crippen molar-refractivity contribution in [1.82, 2.24) is 9.88 Å². The molecule has 2 heterocycles. The van der Waals surface area contributed by atoms with Gasteiger partial charge in [0.2, 0.25) is 11.8 Å². The number of methoxy groups -OCH3 is 2. The van der Waals surface area contributed by atoms with Crippen LogP contribution in [0.2, 0.25) is 0 Å². The standard InChI is InChI=1S/C28H34N4O5/c1-5-22(27-21-15-24(36-3)25(37-4)16-23(21)30-28(27)35)29-19-9-11-20(12-10-19)32(18(2)33)17-26(34)31-13-7-6-8-14-31/h9-12,15-16,30,35H,5-8,13-14,17H2,1-4H3. The van der Waals surface area contributed by atoms with Crippen molar-refractivity contribution in [3.63, 3.8) is 0 Å². The summed E-state index contributed by atoms with van der Waals surface area (Å²) in [6.07, 6.45) is 3.72. The monoisotopic (exact) mass is 506 g/mol. The van der Waals surface area contributed by atoms with E-state index in [1.165, 1.54) is 11.8 Å². The van der Waals surface area contributed by atoms with Crippen LogP contribution in [-0.4, -0.2) is 66.4 Å². The van der Waals surface area contributed by atoms with Crippen LogP contribution in [0.5, 0.6) is 17.4 Å². The van der Waals surface area contributed by atoms with Crippen molar-refractivity contribution in [3.05, 3.63) is 42.0 Å². The van der Waals surface area contributed by atoms with E-state index in [0.717, 1.165) is 37.7 Å². The number of aromatic hydroxyl groups is 1. The van der Waals surface area contributed by atoms with Crippen molar-refractivity contribution in [3.8, 4) is 17.4 Å². The van der Waals surface area contributed by atoms with E-state index in [2.05, 4.69) is 4.98 Å². The molecule has 0 atom stereocenters. The first kappa shape index (κ1) is 26.1. The molecule has 0 saturated carbocycles. The SMILES string of the molecule is CCC(=Nc1ccc(N(CC(=O)N2CCCCC2)C(C)=O)cc1)c1c(O)[nH]c2cc(OC)c(OC)cc12. The molecule has 0 unspecified atom stereocenters. The maximum atomic E-state index is 12.8. The second-order valence-electron chi connectivity index (χ2n) is 9.08. The van der Waals surface area contributed by atoms with E-state index in [0.29, 0.717) is 46.1 Å². The van der Waals surface area contributed by atoms with Gasteiger partial charge in [0.1, 0.15) is 6.54 Å². The second kappa shape index (κ2) is 11.4. The molecule has 4 rings (SSSR count). The van der Waals surface area contributed by atoms with Gasteiger partial charge in [-0.1, -0.05) is 6.92 Å². The van der Waals surface area contributed by atoms with Crippen molar-refractivity contribution in [2.75, 3.05) is 38.8 Å². The Morgan fingerprint density at radius 2 is 1.70 bits per heavy atom. The largest absolute Gasteiger partial charge is 0.494 e. The van der Waals surface area contributed by atoms with Gasteiger partial charge in [-0.15, -0.1) is 0 Å². The van der Waals surface area contributed by atoms with Gasteiger partial charge in [-0.3, -0.25) is 14.6 Å². The van der Waals surface area contributed by atoms with Crippen molar-refractivity contribution >= 4 is 39.8 Å². The molecule has 37 heavy (non-hydrogen) atoms. The summed E-state index contributed by atoms with van der Waals surface area (Å²) in [7, 11) is 3.13. The van der Waals surface area contributed by atoms with Gasteiger partial charge in [-0.05, 0) is 56.0 Å². The lowest BCUT2D eigenvalue weighted by Gasteiger charge is -2.29. The van der Waals surface area contributed by atoms with Crippen LogP contribution in [0.4, 0.5) is 11.4 Å². The third kappa shape index (κ3) is 5.55. The summed E-state index contributed by atoms with van der Waals surface area (Å²) in [6, 6.07) is 10.8. The van der Waals surface area contributed by atoms with Crippen LogP contribution in [0.1, 0.15) is 45.1 Å². The number of hydrogen-bond donors (Lipinski definition) is 2. The number of rotatable bonds is 8. The molecule has 1 saturated heterocycles. The first-order valence-electron chi connectivity index (χ1n) is 12.6. The van der Waals surface area contributed by atoms with Crippen molar-refractivity contribution < 1.29 is 24.2 Å². The average molecular weight is 507 g/mol. The molecule has 0 aliphatic carbocycles. The molecule has 1 fully saturated rings. The van der Waals surface area contributed by atoms with Crippen LogP contribution in [0.25, 0.3) is 10.9 Å². The number of nitrogens with zero attached hydrogens (tertiary/aromatic N) is 3. The van der Waals surface area contributed by atoms with Crippen LogP contribution in [0.15, 0.2) is 41.4 Å². The van der Waals surface area contributed by atoms with Crippen LogP contribution >= 0.6 is 0 Å². The summed E-state index contributed by atoms with van der Waals surface area (Å²) < 4.78 is 10.8. The minimum absolute atomic E-state index is 0.0153. The summed E-state index contributed by atoms with van der Waals surface area (Å²) in [6.45, 7) is 4.95. The molecule has 1 aliphatic heterocycles. The van der Waals surface area contributed by atoms with Crippen LogP contribution in [0, 0.1) is 0 Å². The highest BCUT2D eigenvalue weighted by Crippen LogP contribution is 2.37. The molecule has 1 aliphatic rings. The molecule has 0 radical (unpaired) electrons. The second-order valence-corrected chi connectivity index (χ2v) is 9.08. The van der Waals surface area contributed by atoms with Crippen molar-refractivity contribution in [1.29, 1.82) is 0 Å². The Morgan fingerprint density at radius 3 is 2.30 bits per heavy atom. The predicted octanol–water partition coefficient (Wildman–Crippen LogP) is 4.79. The Labute approximate surface area is 216 Å². The zero-order valence-corrected chi connectivity index (χ0v) is 21.8. The molecule has 9 heteroatoms. The first-order chi connectivity index (χ1) is 17.9. The van der Waals surface area contributed by atoms with E-state index in [1.54, 1.807) is 32.4 Å². The number of anilines is 1. The fourth-order valence-corrected chi connectivity index (χ4v) is 4.74. The number of likely N-dealkylation sites (tertiary alicyclic amines) is 1. The molecular weight excluding hydrogens is 472 g/mol. The maximum absolute atomic E-state index is 12.8. The van der Waals surface area contributed by atoms with Gasteiger partial charge in [0, 0.05) is 37.2 Å². The molecule has 2 aromatic carbocycles. The van der Waals surface area contributed by atoms with Crippen LogP contribution in [0.3, 0.4) is 0 Å². The molecule has 0 spiro atoms. The average Bonchev–Trinajstić information content (AvgIpc) is 3.24. The Morgan fingerprint density at radius 1 is 1.05 bits per heavy atom. The number of nitrogens with one attached hydrogen (secondary N) is 1. The fraction of sp³-hybridized carbons (Fsp3) is 0.393. The smallest absolute Gasteiger partial charge is 0.242 e. The van der Waals surface area contributed by atoms with E-state index < -0.39 is 0 Å². The van der Waals surface area contributed by atoms with E-state index in [4.69, 9.17) is 14.5 Å². The number of carbonyl (C=O) groups is 2. The Hall–Kier alpha value is -4.01. The summed E-state index contributed by atoms with van der Waals surface area (Å²) >= 11 is 0. The van der Waals surface area contributed by atoms with Gasteiger partial charge in [-0.2, -0.15) is 0 Å². The maximum Gasteiger partial charge on any atom is 0.242 e. The van der Waals surface area contributed by atoms with Gasteiger partial charge in [0.25, 0.3) is 0 Å². The molecule has 0 bridgehead atoms. The highest BCUT2D eigenvalue weighted by Gasteiger charge is 2.22. The lowest BCUT2D eigenvalue weighted by Crippen LogP contribution is -2.44. The van der Waals surface area contributed by atoms with E-state index in [1.807, 2.05) is 30.0 Å². The highest BCUT2D eigenvalue weighted by molar-refractivity contribution is 6.14. The number of hydrogen-bond acceptors (Lipinski definition) is 6. The number of H-pyrrole nitrogens is 1. The predicted molar refractivity (Wildman–Crippen MR) is 144 cm³/mol. The zero-order valence-electron chi connectivity index (χ0n) is 21.8. The molecular formula is C28H34N4O5. The Bertz CT molecular complexity index is 1310. The van der Waals surface area contributed by atoms with Gasteiger partial charge in [0.15, 0.2) is 17.4 Å². The number of aliphatic imine (C=N–C) groups is 1. The van der Waals surface area contributed by atoms with Gasteiger partial charge < -0.3 is 29.4 Å². The fourth-order valence-electron chi connectivity index (χ4n) is 4.74. The Balaban J connectivity index is 1.61. The highest BCUT2D eigenvalue weighted by atomic mass is 16.5. The van der Waals surface area contributed by atoms with E-state index >= 15 is 0 Å². The molecule has 3 aromatic rings. The number of piperidine rings is 1. The minimum Gasteiger partial charge on any atom is -0.494 e. The third-order valence-electron chi connectivity index (χ3n) is 6.71. The number of amides is 2. The summed E-state index contributed by atoms with van der Waals surface area (Å²) in [4.78, 5) is 36.2. The molecule has 9 nitrogen and oxygen atoms in total. The minimum atomic E-state index is -0.191. The third-order valence-corrected chi connectivity index (χ3v) is 6.71. The van der Waals surface area contributed by atoms with Crippen molar-refractivity contribution in [2.45, 2.75) is 39.5 Å². The first-order valence-corrected chi connectivity index (χ1v) is 12.6. The van der Waals surface area contributed by atoms with Gasteiger partial charge in [-0.25, -0.2) is 0 Å². The normalized spacial score (nSPS) is 14.1. The van der Waals surface area contributed by atoms with Gasteiger partial charge in [0.05, 0.1) is 36.7 Å². The van der Waals surface area contributed by atoms with Crippen molar-refractivity contribution in [2.24, 2.45) is 4.99 Å². The molecule has 1 aromatic heterocycles. The molecule has 196 valence electrons. The Kier molecular flexibility index (Phi) is 8.01. The number of aromatic amines is 1. The summed E-state index contributed by atoms with van der Waals surface area (Å²) in [5, 5.41) is 11.5. The zero-order chi connectivity index (χ0) is 26.5. The summed E-state index contributed by atoms with van der Waals surface area (Å²) in [5.41, 5.74) is 3.30.